The fourth-order valence-electron chi connectivity index (χ4n) is 3.28. The molecule has 11 heteroatoms. The quantitative estimate of drug-likeness (QED) is 0.278. The van der Waals surface area contributed by atoms with Crippen molar-refractivity contribution in [1.29, 1.82) is 0 Å². The van der Waals surface area contributed by atoms with Gasteiger partial charge in [-0.05, 0) is 43.9 Å². The number of H-pyrrole nitrogens is 2. The molecule has 1 atom stereocenters. The largest absolute Gasteiger partial charge is 0.481 e. The number of thiophene rings is 1. The Kier molecular flexibility index (Phi) is 6.85. The number of aryl methyl sites for hydroxylation is 2. The highest BCUT2D eigenvalue weighted by Gasteiger charge is 2.23. The summed E-state index contributed by atoms with van der Waals surface area (Å²) in [5.74, 6) is -3.51. The first-order chi connectivity index (χ1) is 14.7. The van der Waals surface area contributed by atoms with E-state index in [0.29, 0.717) is 28.8 Å². The van der Waals surface area contributed by atoms with Crippen molar-refractivity contribution in [2.75, 3.05) is 5.73 Å². The lowest BCUT2D eigenvalue weighted by Gasteiger charge is -2.09. The second kappa shape index (κ2) is 9.56. The van der Waals surface area contributed by atoms with Crippen LogP contribution in [0.25, 0.3) is 11.0 Å². The summed E-state index contributed by atoms with van der Waals surface area (Å²) in [6.45, 7) is 0. The molecule has 0 amide bonds. The van der Waals surface area contributed by atoms with Crippen LogP contribution in [-0.2, 0) is 22.4 Å². The number of fused-ring (bicyclic) bond motifs is 1. The van der Waals surface area contributed by atoms with Gasteiger partial charge in [-0.2, -0.15) is 4.98 Å². The van der Waals surface area contributed by atoms with Crippen molar-refractivity contribution in [2.24, 2.45) is 5.92 Å². The third-order valence-electron chi connectivity index (χ3n) is 4.86. The van der Waals surface area contributed by atoms with Crippen LogP contribution < -0.4 is 11.3 Å². The summed E-state index contributed by atoms with van der Waals surface area (Å²) < 4.78 is 0. The SMILES string of the molecule is Nc1nc2[nH]c(CCCc3ccc(C(=O)C[C@@H](CCC(=O)O)C(=O)O)s3)cc2c(=O)[nH]1. The molecular weight excluding hydrogens is 424 g/mol. The van der Waals surface area contributed by atoms with E-state index in [4.69, 9.17) is 10.8 Å². The van der Waals surface area contributed by atoms with Crippen LogP contribution in [0.1, 0.15) is 45.9 Å². The summed E-state index contributed by atoms with van der Waals surface area (Å²) in [6, 6.07) is 5.25. The van der Waals surface area contributed by atoms with Crippen LogP contribution in [0.2, 0.25) is 0 Å². The first-order valence-corrected chi connectivity index (χ1v) is 10.5. The number of carbonyl (C=O) groups excluding carboxylic acids is 1. The van der Waals surface area contributed by atoms with Crippen molar-refractivity contribution in [3.05, 3.63) is 44.0 Å². The summed E-state index contributed by atoms with van der Waals surface area (Å²) in [6.07, 6.45) is 1.56. The number of nitrogens with two attached hydrogens (primary N) is 1. The number of carboxylic acid groups (broad SMARTS) is 2. The van der Waals surface area contributed by atoms with Crippen molar-refractivity contribution in [3.63, 3.8) is 0 Å². The van der Waals surface area contributed by atoms with Gasteiger partial charge in [0.1, 0.15) is 5.65 Å². The molecule has 3 rings (SSSR count). The Balaban J connectivity index is 1.55. The average molecular weight is 446 g/mol. The molecule has 6 N–H and O–H groups in total. The zero-order valence-corrected chi connectivity index (χ0v) is 17.3. The van der Waals surface area contributed by atoms with Gasteiger partial charge in [0.15, 0.2) is 5.78 Å². The number of aromatic nitrogens is 3. The van der Waals surface area contributed by atoms with E-state index < -0.39 is 17.9 Å². The molecule has 0 unspecified atom stereocenters. The second-order valence-electron chi connectivity index (χ2n) is 7.22. The molecule has 0 bridgehead atoms. The normalized spacial score (nSPS) is 12.1. The van der Waals surface area contributed by atoms with Crippen LogP contribution in [0.15, 0.2) is 23.0 Å². The van der Waals surface area contributed by atoms with E-state index in [-0.39, 0.29) is 36.6 Å². The molecule has 0 fully saturated rings. The van der Waals surface area contributed by atoms with Crippen molar-refractivity contribution < 1.29 is 24.6 Å². The van der Waals surface area contributed by atoms with Crippen LogP contribution in [0.4, 0.5) is 5.95 Å². The van der Waals surface area contributed by atoms with Gasteiger partial charge in [-0.25, -0.2) is 0 Å². The maximum atomic E-state index is 12.4. The number of anilines is 1. The van der Waals surface area contributed by atoms with Gasteiger partial charge in [-0.1, -0.05) is 0 Å². The molecule has 0 radical (unpaired) electrons. The average Bonchev–Trinajstić information content (AvgIpc) is 3.31. The van der Waals surface area contributed by atoms with E-state index in [1.807, 2.05) is 6.07 Å². The Morgan fingerprint density at radius 1 is 1.16 bits per heavy atom. The fraction of sp³-hybridized carbons (Fsp3) is 0.350. The number of hydrogen-bond acceptors (Lipinski definition) is 7. The molecule has 0 aromatic carbocycles. The van der Waals surface area contributed by atoms with E-state index >= 15 is 0 Å². The van der Waals surface area contributed by atoms with Gasteiger partial charge in [-0.15, -0.1) is 11.3 Å². The number of ketones is 1. The molecule has 3 aromatic rings. The topological polar surface area (TPSA) is 179 Å². The number of nitrogens with zero attached hydrogens (tertiary/aromatic N) is 1. The van der Waals surface area contributed by atoms with Gasteiger partial charge in [-0.3, -0.25) is 24.2 Å². The highest BCUT2D eigenvalue weighted by atomic mass is 32.1. The number of aromatic amines is 2. The molecule has 10 nitrogen and oxygen atoms in total. The molecule has 3 heterocycles. The summed E-state index contributed by atoms with van der Waals surface area (Å²) in [7, 11) is 0. The Bertz CT molecular complexity index is 1180. The van der Waals surface area contributed by atoms with Crippen molar-refractivity contribution in [1.82, 2.24) is 15.0 Å². The number of nitrogens with one attached hydrogen (secondary N) is 2. The predicted molar refractivity (Wildman–Crippen MR) is 114 cm³/mol. The second-order valence-corrected chi connectivity index (χ2v) is 8.39. The van der Waals surface area contributed by atoms with E-state index in [9.17, 15) is 24.3 Å². The number of rotatable bonds is 11. The number of carbonyl (C=O) groups is 3. The lowest BCUT2D eigenvalue weighted by molar-refractivity contribution is -0.142. The lowest BCUT2D eigenvalue weighted by Crippen LogP contribution is -2.19. The number of carboxylic acids is 2. The minimum Gasteiger partial charge on any atom is -0.481 e. The van der Waals surface area contributed by atoms with Crippen LogP contribution in [0.3, 0.4) is 0 Å². The fourth-order valence-corrected chi connectivity index (χ4v) is 4.27. The monoisotopic (exact) mass is 446 g/mol. The molecule has 0 saturated heterocycles. The van der Waals surface area contributed by atoms with Crippen LogP contribution >= 0.6 is 11.3 Å². The van der Waals surface area contributed by atoms with Gasteiger partial charge in [0.05, 0.1) is 16.2 Å². The minimum absolute atomic E-state index is 0.0507. The molecule has 0 aliphatic heterocycles. The van der Waals surface area contributed by atoms with E-state index in [2.05, 4.69) is 15.0 Å². The number of nitrogen functional groups attached to an aromatic ring is 1. The standard InChI is InChI=1S/C20H22N4O6S/c21-20-23-17-13(18(28)24-20)9-11(22-17)2-1-3-12-5-6-15(31-12)14(25)8-10(19(29)30)4-7-16(26)27/h5-6,9-10H,1-4,7-8H2,(H,26,27)(H,29,30)(H4,21,22,23,24,28)/t10-/m1/s1. The summed E-state index contributed by atoms with van der Waals surface area (Å²) in [4.78, 5) is 57.3. The highest BCUT2D eigenvalue weighted by molar-refractivity contribution is 7.14. The van der Waals surface area contributed by atoms with Gasteiger partial charge in [0.2, 0.25) is 5.95 Å². The van der Waals surface area contributed by atoms with Crippen molar-refractivity contribution >= 4 is 46.0 Å². The first-order valence-electron chi connectivity index (χ1n) is 9.67. The Labute approximate surface area is 180 Å². The third-order valence-corrected chi connectivity index (χ3v) is 6.05. The van der Waals surface area contributed by atoms with Gasteiger partial charge < -0.3 is 20.9 Å². The van der Waals surface area contributed by atoms with Crippen LogP contribution in [0, 0.1) is 5.92 Å². The smallest absolute Gasteiger partial charge is 0.306 e. The Morgan fingerprint density at radius 3 is 2.65 bits per heavy atom. The molecule has 31 heavy (non-hydrogen) atoms. The molecule has 0 aliphatic carbocycles. The maximum absolute atomic E-state index is 12.4. The molecular formula is C20H22N4O6S. The van der Waals surface area contributed by atoms with Crippen molar-refractivity contribution in [3.8, 4) is 0 Å². The first kappa shape index (κ1) is 22.2. The number of aliphatic carboxylic acids is 2. The lowest BCUT2D eigenvalue weighted by atomic mass is 9.96. The zero-order valence-electron chi connectivity index (χ0n) is 16.5. The number of hydrogen-bond donors (Lipinski definition) is 5. The maximum Gasteiger partial charge on any atom is 0.306 e. The number of Topliss-reactive ketones (excluding diaryl/α,β-unsaturated/α-hetero) is 1. The van der Waals surface area contributed by atoms with Gasteiger partial charge in [0, 0.05) is 23.4 Å². The van der Waals surface area contributed by atoms with Crippen LogP contribution in [0.5, 0.6) is 0 Å². The Morgan fingerprint density at radius 2 is 1.94 bits per heavy atom. The molecule has 164 valence electrons. The Hall–Kier alpha value is -3.47. The van der Waals surface area contributed by atoms with Crippen LogP contribution in [-0.4, -0.2) is 42.9 Å². The van der Waals surface area contributed by atoms with E-state index in [1.165, 1.54) is 11.3 Å². The molecule has 0 aliphatic rings. The van der Waals surface area contributed by atoms with Gasteiger partial charge >= 0.3 is 11.9 Å². The predicted octanol–water partition coefficient (Wildman–Crippen LogP) is 2.21. The van der Waals surface area contributed by atoms with E-state index in [1.54, 1.807) is 12.1 Å². The van der Waals surface area contributed by atoms with E-state index in [0.717, 1.165) is 17.0 Å². The molecule has 0 saturated carbocycles. The van der Waals surface area contributed by atoms with Crippen molar-refractivity contribution in [2.45, 2.75) is 38.5 Å². The molecule has 0 spiro atoms. The summed E-state index contributed by atoms with van der Waals surface area (Å²) in [5.41, 5.74) is 6.54. The zero-order chi connectivity index (χ0) is 22.5. The minimum atomic E-state index is -1.17. The summed E-state index contributed by atoms with van der Waals surface area (Å²) >= 11 is 1.31. The summed E-state index contributed by atoms with van der Waals surface area (Å²) in [5, 5.41) is 18.4. The highest BCUT2D eigenvalue weighted by Crippen LogP contribution is 2.23. The van der Waals surface area contributed by atoms with Gasteiger partial charge in [0.25, 0.3) is 5.56 Å². The molecule has 3 aromatic heterocycles. The third kappa shape index (κ3) is 5.79.